The molecular weight excluding hydrogens is 284 g/mol. The summed E-state index contributed by atoms with van der Waals surface area (Å²) in [4.78, 5) is 11.2. The van der Waals surface area contributed by atoms with E-state index in [9.17, 15) is 13.6 Å². The van der Waals surface area contributed by atoms with Gasteiger partial charge in [-0.25, -0.2) is 0 Å². The van der Waals surface area contributed by atoms with Gasteiger partial charge in [0.05, 0.1) is 5.56 Å². The lowest BCUT2D eigenvalue weighted by atomic mass is 10.1. The Balaban J connectivity index is 3.30. The average molecular weight is 290 g/mol. The average Bonchev–Trinajstić information content (AvgIpc) is 2.19. The predicted octanol–water partition coefficient (Wildman–Crippen LogP) is 3.12. The van der Waals surface area contributed by atoms with Gasteiger partial charge < -0.3 is 4.74 Å². The van der Waals surface area contributed by atoms with Gasteiger partial charge >= 0.3 is 6.61 Å². The first-order valence-electron chi connectivity index (χ1n) is 4.15. The fraction of sp³-hybridized carbons (Fsp3) is 0.200. The number of rotatable bonds is 3. The van der Waals surface area contributed by atoms with Crippen molar-refractivity contribution in [1.82, 2.24) is 0 Å². The molecule has 0 saturated carbocycles. The molecule has 0 saturated heterocycles. The van der Waals surface area contributed by atoms with E-state index in [0.717, 1.165) is 6.07 Å². The number of halogens is 3. The van der Waals surface area contributed by atoms with Crippen LogP contribution in [0.15, 0.2) is 16.6 Å². The van der Waals surface area contributed by atoms with Crippen molar-refractivity contribution in [2.75, 3.05) is 0 Å². The zero-order valence-corrected chi connectivity index (χ0v) is 9.72. The van der Waals surface area contributed by atoms with Gasteiger partial charge in [-0.15, -0.1) is 0 Å². The van der Waals surface area contributed by atoms with Gasteiger partial charge in [-0.2, -0.15) is 14.0 Å². The molecular formula is C10H6BrF2NO2. The second kappa shape index (κ2) is 5.03. The highest BCUT2D eigenvalue weighted by atomic mass is 79.9. The Kier molecular flexibility index (Phi) is 3.96. The lowest BCUT2D eigenvalue weighted by Gasteiger charge is -2.08. The molecule has 1 aromatic rings. The van der Waals surface area contributed by atoms with Crippen LogP contribution in [0, 0.1) is 11.3 Å². The first-order chi connectivity index (χ1) is 7.45. The van der Waals surface area contributed by atoms with Crippen LogP contribution in [-0.2, 0) is 0 Å². The number of benzene rings is 1. The summed E-state index contributed by atoms with van der Waals surface area (Å²) in [6.07, 6.45) is 0. The third-order valence-electron chi connectivity index (χ3n) is 1.77. The van der Waals surface area contributed by atoms with Gasteiger partial charge in [0.2, 0.25) is 0 Å². The highest BCUT2D eigenvalue weighted by Crippen LogP contribution is 2.28. The van der Waals surface area contributed by atoms with Gasteiger partial charge in [0.15, 0.2) is 5.78 Å². The van der Waals surface area contributed by atoms with Crippen molar-refractivity contribution in [2.24, 2.45) is 0 Å². The molecule has 0 fully saturated rings. The summed E-state index contributed by atoms with van der Waals surface area (Å²) < 4.78 is 28.4. The number of nitriles is 1. The van der Waals surface area contributed by atoms with Gasteiger partial charge in [-0.3, -0.25) is 4.79 Å². The minimum atomic E-state index is -2.99. The summed E-state index contributed by atoms with van der Waals surface area (Å²) in [5, 5.41) is 8.75. The highest BCUT2D eigenvalue weighted by Gasteiger charge is 2.14. The van der Waals surface area contributed by atoms with E-state index in [1.54, 1.807) is 6.07 Å². The number of ketones is 1. The monoisotopic (exact) mass is 289 g/mol. The lowest BCUT2D eigenvalue weighted by Crippen LogP contribution is -2.04. The maximum Gasteiger partial charge on any atom is 0.387 e. The van der Waals surface area contributed by atoms with E-state index in [0.29, 0.717) is 0 Å². The van der Waals surface area contributed by atoms with Crippen LogP contribution in [0.2, 0.25) is 0 Å². The molecule has 1 aromatic carbocycles. The van der Waals surface area contributed by atoms with E-state index >= 15 is 0 Å². The van der Waals surface area contributed by atoms with E-state index in [1.165, 1.54) is 13.0 Å². The second-order valence-electron chi connectivity index (χ2n) is 2.88. The van der Waals surface area contributed by atoms with Gasteiger partial charge in [0.25, 0.3) is 0 Å². The lowest BCUT2D eigenvalue weighted by molar-refractivity contribution is -0.0499. The first-order valence-corrected chi connectivity index (χ1v) is 4.94. The van der Waals surface area contributed by atoms with Crippen molar-refractivity contribution in [3.05, 3.63) is 27.7 Å². The van der Waals surface area contributed by atoms with Gasteiger partial charge in [-0.1, -0.05) is 0 Å². The van der Waals surface area contributed by atoms with E-state index in [-0.39, 0.29) is 27.1 Å². The normalized spacial score (nSPS) is 10.0. The predicted molar refractivity (Wildman–Crippen MR) is 55.5 cm³/mol. The molecule has 0 unspecified atom stereocenters. The number of hydrogen-bond acceptors (Lipinski definition) is 3. The Morgan fingerprint density at radius 1 is 1.56 bits per heavy atom. The molecule has 3 nitrogen and oxygen atoms in total. The molecule has 0 aliphatic rings. The van der Waals surface area contributed by atoms with Crippen molar-refractivity contribution >= 4 is 21.7 Å². The Morgan fingerprint density at radius 2 is 2.19 bits per heavy atom. The number of Topliss-reactive ketones (excluding diaryl/α,β-unsaturated/α-hetero) is 1. The number of carbonyl (C=O) groups excluding carboxylic acids is 1. The Bertz CT molecular complexity index is 469. The summed E-state index contributed by atoms with van der Waals surface area (Å²) in [6.45, 7) is -1.72. The van der Waals surface area contributed by atoms with E-state index in [2.05, 4.69) is 20.7 Å². The Morgan fingerprint density at radius 3 is 2.62 bits per heavy atom. The van der Waals surface area contributed by atoms with E-state index in [4.69, 9.17) is 5.26 Å². The summed E-state index contributed by atoms with van der Waals surface area (Å²) in [6, 6.07) is 4.09. The van der Waals surface area contributed by atoms with Crippen LogP contribution in [0.5, 0.6) is 5.75 Å². The summed E-state index contributed by atoms with van der Waals surface area (Å²) in [7, 11) is 0. The topological polar surface area (TPSA) is 50.1 Å². The van der Waals surface area contributed by atoms with Crippen LogP contribution in [0.3, 0.4) is 0 Å². The third kappa shape index (κ3) is 2.76. The van der Waals surface area contributed by atoms with Crippen molar-refractivity contribution < 1.29 is 18.3 Å². The molecule has 0 atom stereocenters. The fourth-order valence-corrected chi connectivity index (χ4v) is 1.70. The number of hydrogen-bond donors (Lipinski definition) is 0. The number of carbonyl (C=O) groups is 1. The quantitative estimate of drug-likeness (QED) is 0.804. The Hall–Kier alpha value is -1.48. The molecule has 16 heavy (non-hydrogen) atoms. The minimum absolute atomic E-state index is 0.0725. The van der Waals surface area contributed by atoms with Crippen molar-refractivity contribution in [3.8, 4) is 11.8 Å². The van der Waals surface area contributed by atoms with Gasteiger partial charge in [0.1, 0.15) is 11.8 Å². The smallest absolute Gasteiger partial charge is 0.387 e. The summed E-state index contributed by atoms with van der Waals surface area (Å²) in [5.74, 6) is -0.553. The molecule has 0 bridgehead atoms. The standard InChI is InChI=1S/C10H6BrF2NO2/c1-5(15)8-3-7(16-10(12)13)2-6(4-14)9(8)11/h2-3,10H,1H3. The zero-order valence-electron chi connectivity index (χ0n) is 8.13. The fourth-order valence-electron chi connectivity index (χ4n) is 1.11. The molecule has 0 radical (unpaired) electrons. The molecule has 0 aliphatic heterocycles. The molecule has 0 spiro atoms. The van der Waals surface area contributed by atoms with Gasteiger partial charge in [-0.05, 0) is 35.0 Å². The zero-order chi connectivity index (χ0) is 12.3. The van der Waals surface area contributed by atoms with Crippen molar-refractivity contribution in [2.45, 2.75) is 13.5 Å². The van der Waals surface area contributed by atoms with E-state index in [1.807, 2.05) is 0 Å². The molecule has 0 N–H and O–H groups in total. The van der Waals surface area contributed by atoms with Crippen LogP contribution in [0.25, 0.3) is 0 Å². The third-order valence-corrected chi connectivity index (χ3v) is 2.63. The number of ether oxygens (including phenoxy) is 1. The van der Waals surface area contributed by atoms with Gasteiger partial charge in [0, 0.05) is 10.0 Å². The molecule has 0 aliphatic carbocycles. The molecule has 0 aromatic heterocycles. The van der Waals surface area contributed by atoms with Crippen molar-refractivity contribution in [3.63, 3.8) is 0 Å². The van der Waals surface area contributed by atoms with Crippen LogP contribution in [0.1, 0.15) is 22.8 Å². The second-order valence-corrected chi connectivity index (χ2v) is 3.67. The van der Waals surface area contributed by atoms with Crippen LogP contribution >= 0.6 is 15.9 Å². The maximum atomic E-state index is 12.0. The van der Waals surface area contributed by atoms with Crippen LogP contribution < -0.4 is 4.74 Å². The largest absolute Gasteiger partial charge is 0.435 e. The molecule has 84 valence electrons. The SMILES string of the molecule is CC(=O)c1cc(OC(F)F)cc(C#N)c1Br. The van der Waals surface area contributed by atoms with Crippen LogP contribution in [0.4, 0.5) is 8.78 Å². The molecule has 6 heteroatoms. The number of nitrogens with zero attached hydrogens (tertiary/aromatic N) is 1. The van der Waals surface area contributed by atoms with Crippen molar-refractivity contribution in [1.29, 1.82) is 5.26 Å². The van der Waals surface area contributed by atoms with E-state index < -0.39 is 6.61 Å². The minimum Gasteiger partial charge on any atom is -0.435 e. The molecule has 1 rings (SSSR count). The first kappa shape index (κ1) is 12.6. The molecule has 0 amide bonds. The highest BCUT2D eigenvalue weighted by molar-refractivity contribution is 9.10. The van der Waals surface area contributed by atoms with Crippen LogP contribution in [-0.4, -0.2) is 12.4 Å². The number of alkyl halides is 2. The molecule has 0 heterocycles. The Labute approximate surface area is 98.8 Å². The maximum absolute atomic E-state index is 12.0. The summed E-state index contributed by atoms with van der Waals surface area (Å²) >= 11 is 3.06. The summed E-state index contributed by atoms with van der Waals surface area (Å²) in [5.41, 5.74) is 0.207.